The first kappa shape index (κ1) is 24.7. The number of nitrogens with one attached hydrogen (secondary N) is 3. The fourth-order valence-corrected chi connectivity index (χ4v) is 3.52. The van der Waals surface area contributed by atoms with Gasteiger partial charge in [-0.2, -0.15) is 0 Å². The second-order valence-corrected chi connectivity index (χ2v) is 8.75. The van der Waals surface area contributed by atoms with E-state index in [1.807, 2.05) is 13.8 Å². The molecule has 0 aliphatic carbocycles. The Morgan fingerprint density at radius 2 is 2.09 bits per heavy atom. The van der Waals surface area contributed by atoms with Crippen LogP contribution < -0.4 is 16.2 Å². The molecule has 176 valence electrons. The number of pyridine rings is 2. The van der Waals surface area contributed by atoms with Gasteiger partial charge in [-0.25, -0.2) is 4.39 Å². The quantitative estimate of drug-likeness (QED) is 0.468. The van der Waals surface area contributed by atoms with Gasteiger partial charge in [-0.15, -0.1) is 0 Å². The van der Waals surface area contributed by atoms with Crippen molar-refractivity contribution in [1.29, 1.82) is 0 Å². The lowest BCUT2D eigenvalue weighted by Gasteiger charge is -2.27. The van der Waals surface area contributed by atoms with E-state index in [1.165, 1.54) is 12.3 Å². The normalized spacial score (nSPS) is 15.2. The van der Waals surface area contributed by atoms with Crippen LogP contribution in [0.15, 0.2) is 46.3 Å². The van der Waals surface area contributed by atoms with Gasteiger partial charge in [0.05, 0.1) is 41.8 Å². The van der Waals surface area contributed by atoms with Crippen molar-refractivity contribution >= 4 is 34.5 Å². The Balaban J connectivity index is 2.08. The molecule has 0 atom stereocenters. The molecule has 3 N–H and O–H groups in total. The highest BCUT2D eigenvalue weighted by Crippen LogP contribution is 2.31. The zero-order valence-electron chi connectivity index (χ0n) is 19.1. The number of halogens is 2. The second-order valence-electron chi connectivity index (χ2n) is 8.15. The molecule has 1 aliphatic heterocycles. The van der Waals surface area contributed by atoms with Crippen molar-refractivity contribution in [3.05, 3.63) is 68.6 Å². The molecule has 0 saturated carbocycles. The number of amides is 1. The molecule has 0 aromatic carbocycles. The molecule has 3 heterocycles. The van der Waals surface area contributed by atoms with E-state index in [9.17, 15) is 14.0 Å². The third-order valence-electron chi connectivity index (χ3n) is 5.19. The number of H-pyrrole nitrogens is 1. The van der Waals surface area contributed by atoms with Crippen molar-refractivity contribution in [1.82, 2.24) is 15.3 Å². The van der Waals surface area contributed by atoms with Crippen LogP contribution in [0.1, 0.15) is 61.6 Å². The molecule has 2 aromatic rings. The number of hydrogen-bond donors (Lipinski definition) is 3. The van der Waals surface area contributed by atoms with Gasteiger partial charge in [0.15, 0.2) is 0 Å². The summed E-state index contributed by atoms with van der Waals surface area (Å²) in [6.07, 6.45) is 4.59. The highest BCUT2D eigenvalue weighted by Gasteiger charge is 2.23. The van der Waals surface area contributed by atoms with Gasteiger partial charge in [0.1, 0.15) is 5.83 Å². The summed E-state index contributed by atoms with van der Waals surface area (Å²) in [6.45, 7) is 8.09. The second kappa shape index (κ2) is 10.8. The topological polar surface area (TPSA) is 96.1 Å². The molecule has 0 spiro atoms. The monoisotopic (exact) mass is 474 g/mol. The van der Waals surface area contributed by atoms with Crippen LogP contribution in [0.25, 0.3) is 5.57 Å². The number of rotatable bonds is 8. The van der Waals surface area contributed by atoms with Crippen molar-refractivity contribution in [2.45, 2.75) is 46.1 Å². The minimum Gasteiger partial charge on any atom is -0.377 e. The van der Waals surface area contributed by atoms with Crippen LogP contribution in [-0.4, -0.2) is 35.1 Å². The Labute approximate surface area is 197 Å². The number of anilines is 2. The first-order chi connectivity index (χ1) is 15.7. The van der Waals surface area contributed by atoms with Crippen molar-refractivity contribution in [3.8, 4) is 0 Å². The van der Waals surface area contributed by atoms with Crippen LogP contribution in [0.2, 0.25) is 0 Å². The van der Waals surface area contributed by atoms with E-state index in [0.29, 0.717) is 40.9 Å². The van der Waals surface area contributed by atoms with Gasteiger partial charge in [-0.1, -0.05) is 32.4 Å². The Morgan fingerprint density at radius 3 is 2.67 bits per heavy atom. The van der Waals surface area contributed by atoms with E-state index in [-0.39, 0.29) is 35.4 Å². The van der Waals surface area contributed by atoms with Gasteiger partial charge in [-0.3, -0.25) is 14.6 Å². The summed E-state index contributed by atoms with van der Waals surface area (Å²) < 4.78 is 19.8. The number of aromatic nitrogens is 2. The van der Waals surface area contributed by atoms with E-state index in [0.717, 1.165) is 0 Å². The van der Waals surface area contributed by atoms with Crippen molar-refractivity contribution in [2.75, 3.05) is 18.5 Å². The van der Waals surface area contributed by atoms with Crippen molar-refractivity contribution in [2.24, 2.45) is 0 Å². The number of hydrogen-bond acceptors (Lipinski definition) is 5. The van der Waals surface area contributed by atoms with Crippen LogP contribution in [-0.2, 0) is 4.74 Å². The van der Waals surface area contributed by atoms with Crippen LogP contribution in [0.4, 0.5) is 15.8 Å². The molecular formula is C24H28ClFN4O3. The molecule has 0 bridgehead atoms. The molecule has 3 rings (SSSR count). The van der Waals surface area contributed by atoms with Crippen LogP contribution >= 0.6 is 11.6 Å². The number of carbonyl (C=O) groups excluding carboxylic acids is 1. The SMILES string of the molecule is CC/C(F)=C(\C=C(/C)Cl)c1cc(Nc2ccncc2C(=O)NC2COC2)c(C(C)C)[nH]c1=O. The lowest BCUT2D eigenvalue weighted by Crippen LogP contribution is -2.48. The van der Waals surface area contributed by atoms with E-state index < -0.39 is 11.4 Å². The number of nitrogens with zero attached hydrogens (tertiary/aromatic N) is 1. The first-order valence-corrected chi connectivity index (χ1v) is 11.2. The number of carbonyl (C=O) groups is 1. The number of ether oxygens (including phenoxy) is 1. The molecule has 0 radical (unpaired) electrons. The number of allylic oxidation sites excluding steroid dienone is 4. The molecule has 1 saturated heterocycles. The van der Waals surface area contributed by atoms with E-state index in [2.05, 4.69) is 20.6 Å². The summed E-state index contributed by atoms with van der Waals surface area (Å²) in [5.74, 6) is -0.780. The van der Waals surface area contributed by atoms with E-state index in [1.54, 1.807) is 32.2 Å². The standard InChI is InChI=1S/C24H28ClFN4O3/c1-5-19(26)16(8-14(4)25)17-9-21(22(13(2)3)30-23(17)31)29-20-6-7-27-10-18(20)24(32)28-15-11-33-12-15/h6-10,13,15H,5,11-12H2,1-4H3,(H,27,29)(H,28,32)(H,30,31)/b14-8+,19-16-. The van der Waals surface area contributed by atoms with Crippen LogP contribution in [0, 0.1) is 0 Å². The molecule has 9 heteroatoms. The maximum atomic E-state index is 14.7. The highest BCUT2D eigenvalue weighted by molar-refractivity contribution is 6.29. The molecule has 7 nitrogen and oxygen atoms in total. The fourth-order valence-electron chi connectivity index (χ4n) is 3.41. The zero-order chi connectivity index (χ0) is 24.1. The van der Waals surface area contributed by atoms with Gasteiger partial charge in [-0.05, 0) is 37.5 Å². The summed E-state index contributed by atoms with van der Waals surface area (Å²) in [7, 11) is 0. The average Bonchev–Trinajstić information content (AvgIpc) is 2.75. The molecular weight excluding hydrogens is 447 g/mol. The molecule has 2 aromatic heterocycles. The van der Waals surface area contributed by atoms with Gasteiger partial charge in [0.2, 0.25) is 0 Å². The Morgan fingerprint density at radius 1 is 1.36 bits per heavy atom. The van der Waals surface area contributed by atoms with Crippen LogP contribution in [0.5, 0.6) is 0 Å². The van der Waals surface area contributed by atoms with Crippen molar-refractivity contribution < 1.29 is 13.9 Å². The van der Waals surface area contributed by atoms with Crippen LogP contribution in [0.3, 0.4) is 0 Å². The van der Waals surface area contributed by atoms with Gasteiger partial charge < -0.3 is 20.4 Å². The Kier molecular flexibility index (Phi) is 8.05. The van der Waals surface area contributed by atoms with Crippen molar-refractivity contribution in [3.63, 3.8) is 0 Å². The molecule has 0 unspecified atom stereocenters. The first-order valence-electron chi connectivity index (χ1n) is 10.8. The van der Waals surface area contributed by atoms with E-state index in [4.69, 9.17) is 16.3 Å². The highest BCUT2D eigenvalue weighted by atomic mass is 35.5. The predicted molar refractivity (Wildman–Crippen MR) is 129 cm³/mol. The van der Waals surface area contributed by atoms with Gasteiger partial charge in [0.25, 0.3) is 11.5 Å². The third kappa shape index (κ3) is 5.89. The lowest BCUT2D eigenvalue weighted by molar-refractivity contribution is -0.00345. The summed E-state index contributed by atoms with van der Waals surface area (Å²) in [4.78, 5) is 32.6. The average molecular weight is 475 g/mol. The molecule has 33 heavy (non-hydrogen) atoms. The third-order valence-corrected chi connectivity index (χ3v) is 5.30. The zero-order valence-corrected chi connectivity index (χ0v) is 19.8. The van der Waals surface area contributed by atoms with E-state index >= 15 is 0 Å². The predicted octanol–water partition coefficient (Wildman–Crippen LogP) is 5.00. The van der Waals surface area contributed by atoms with Gasteiger partial charge >= 0.3 is 0 Å². The molecule has 1 fully saturated rings. The maximum Gasteiger partial charge on any atom is 0.256 e. The van der Waals surface area contributed by atoms with Gasteiger partial charge in [0, 0.05) is 28.7 Å². The minimum atomic E-state index is -0.449. The largest absolute Gasteiger partial charge is 0.377 e. The number of aromatic amines is 1. The fraction of sp³-hybridized carbons (Fsp3) is 0.375. The molecule has 1 amide bonds. The summed E-state index contributed by atoms with van der Waals surface area (Å²) in [6, 6.07) is 3.23. The maximum absolute atomic E-state index is 14.7. The summed E-state index contributed by atoms with van der Waals surface area (Å²) in [5.41, 5.74) is 1.88. The summed E-state index contributed by atoms with van der Waals surface area (Å²) in [5, 5.41) is 6.49. The Hall–Kier alpha value is -2.97. The smallest absolute Gasteiger partial charge is 0.256 e. The molecule has 1 aliphatic rings. The minimum absolute atomic E-state index is 0.0354. The lowest BCUT2D eigenvalue weighted by atomic mass is 10.0. The summed E-state index contributed by atoms with van der Waals surface area (Å²) >= 11 is 6.01. The Bertz CT molecular complexity index is 1150.